The molecule has 0 spiro atoms. The Morgan fingerprint density at radius 2 is 2.06 bits per heavy atom. The van der Waals surface area contributed by atoms with Gasteiger partial charge in [-0.15, -0.1) is 11.3 Å². The van der Waals surface area contributed by atoms with Gasteiger partial charge in [-0.25, -0.2) is 4.98 Å². The van der Waals surface area contributed by atoms with Crippen LogP contribution in [0.4, 0.5) is 13.2 Å². The van der Waals surface area contributed by atoms with Gasteiger partial charge >= 0.3 is 6.18 Å². The third-order valence-corrected chi connectivity index (χ3v) is 4.00. The van der Waals surface area contributed by atoms with Gasteiger partial charge in [-0.3, -0.25) is 4.90 Å². The zero-order valence-corrected chi connectivity index (χ0v) is 10.6. The highest BCUT2D eigenvalue weighted by atomic mass is 32.1. The van der Waals surface area contributed by atoms with E-state index in [1.807, 2.05) is 0 Å². The smallest absolute Gasteiger partial charge is 0.396 e. The fourth-order valence-electron chi connectivity index (χ4n) is 2.03. The lowest BCUT2D eigenvalue weighted by atomic mass is 9.98. The van der Waals surface area contributed by atoms with E-state index in [0.29, 0.717) is 17.5 Å². The van der Waals surface area contributed by atoms with Crippen molar-refractivity contribution < 1.29 is 18.3 Å². The molecule has 0 radical (unpaired) electrons. The summed E-state index contributed by atoms with van der Waals surface area (Å²) in [6, 6.07) is 0. The second-order valence-corrected chi connectivity index (χ2v) is 5.47. The van der Waals surface area contributed by atoms with E-state index in [-0.39, 0.29) is 6.61 Å². The van der Waals surface area contributed by atoms with Crippen LogP contribution >= 0.6 is 11.3 Å². The van der Waals surface area contributed by atoms with Crippen LogP contribution in [0.2, 0.25) is 0 Å². The van der Waals surface area contributed by atoms with E-state index < -0.39 is 11.9 Å². The van der Waals surface area contributed by atoms with Crippen LogP contribution in [0.15, 0.2) is 5.38 Å². The van der Waals surface area contributed by atoms with E-state index in [9.17, 15) is 13.2 Å². The summed E-state index contributed by atoms with van der Waals surface area (Å²) in [5.41, 5.74) is -0.798. The van der Waals surface area contributed by atoms with Crippen LogP contribution in [0.3, 0.4) is 0 Å². The molecule has 2 rings (SSSR count). The first-order chi connectivity index (χ1) is 8.49. The summed E-state index contributed by atoms with van der Waals surface area (Å²) in [5, 5.41) is 10.6. The van der Waals surface area contributed by atoms with Gasteiger partial charge in [0.2, 0.25) is 0 Å². The van der Waals surface area contributed by atoms with Gasteiger partial charge in [0.15, 0.2) is 5.69 Å². The number of aliphatic hydroxyl groups is 1. The van der Waals surface area contributed by atoms with E-state index in [4.69, 9.17) is 5.11 Å². The Hall–Kier alpha value is -0.660. The summed E-state index contributed by atoms with van der Waals surface area (Å²) in [5.74, 6) is 0.336. The Labute approximate surface area is 107 Å². The van der Waals surface area contributed by atoms with Gasteiger partial charge in [-0.05, 0) is 31.8 Å². The van der Waals surface area contributed by atoms with E-state index in [1.165, 1.54) is 0 Å². The summed E-state index contributed by atoms with van der Waals surface area (Å²) in [7, 11) is 0. The quantitative estimate of drug-likeness (QED) is 0.923. The second kappa shape index (κ2) is 5.54. The highest BCUT2D eigenvalue weighted by Gasteiger charge is 2.33. The van der Waals surface area contributed by atoms with Gasteiger partial charge in [0, 0.05) is 12.0 Å². The summed E-state index contributed by atoms with van der Waals surface area (Å²) >= 11 is 1.05. The number of rotatable bonds is 3. The molecule has 0 saturated carbocycles. The van der Waals surface area contributed by atoms with Gasteiger partial charge in [0.25, 0.3) is 0 Å². The Bertz CT molecular complexity index is 386. The molecule has 7 heteroatoms. The molecule has 1 fully saturated rings. The van der Waals surface area contributed by atoms with Crippen molar-refractivity contribution in [2.24, 2.45) is 5.92 Å². The standard InChI is InChI=1S/C11H15F3N2OS/c12-11(13,14)9-7-18-10(15-9)5-16-3-1-8(6-17)2-4-16/h7-8,17H,1-6H2. The van der Waals surface area contributed by atoms with Crippen molar-refractivity contribution in [1.82, 2.24) is 9.88 Å². The first kappa shape index (κ1) is 13.8. The fraction of sp³-hybridized carbons (Fsp3) is 0.727. The summed E-state index contributed by atoms with van der Waals surface area (Å²) in [6.45, 7) is 2.29. The van der Waals surface area contributed by atoms with Crippen molar-refractivity contribution in [1.29, 1.82) is 0 Å². The van der Waals surface area contributed by atoms with Crippen molar-refractivity contribution in [2.45, 2.75) is 25.6 Å². The molecule has 2 heterocycles. The largest absolute Gasteiger partial charge is 0.434 e. The molecule has 1 aliphatic rings. The molecule has 102 valence electrons. The average molecular weight is 280 g/mol. The minimum atomic E-state index is -4.35. The predicted octanol–water partition coefficient (Wildman–Crippen LogP) is 2.37. The van der Waals surface area contributed by atoms with Crippen molar-refractivity contribution in [2.75, 3.05) is 19.7 Å². The molecule has 0 aromatic carbocycles. The molecule has 1 saturated heterocycles. The van der Waals surface area contributed by atoms with Crippen molar-refractivity contribution in [3.05, 3.63) is 16.1 Å². The van der Waals surface area contributed by atoms with Gasteiger partial charge in [0.1, 0.15) is 5.01 Å². The molecule has 1 aliphatic heterocycles. The zero-order valence-electron chi connectivity index (χ0n) is 9.78. The molecule has 1 aromatic heterocycles. The minimum absolute atomic E-state index is 0.198. The van der Waals surface area contributed by atoms with Gasteiger partial charge < -0.3 is 5.11 Å². The number of aliphatic hydroxyl groups excluding tert-OH is 1. The van der Waals surface area contributed by atoms with Crippen LogP contribution in [-0.2, 0) is 12.7 Å². The van der Waals surface area contributed by atoms with Gasteiger partial charge in [-0.1, -0.05) is 0 Å². The molecular formula is C11H15F3N2OS. The Morgan fingerprint density at radius 3 is 2.56 bits per heavy atom. The van der Waals surface area contributed by atoms with Crippen molar-refractivity contribution >= 4 is 11.3 Å². The number of hydrogen-bond acceptors (Lipinski definition) is 4. The Balaban J connectivity index is 1.89. The molecule has 0 unspecified atom stereocenters. The summed E-state index contributed by atoms with van der Waals surface area (Å²) < 4.78 is 37.1. The third-order valence-electron chi connectivity index (χ3n) is 3.17. The second-order valence-electron chi connectivity index (χ2n) is 4.53. The van der Waals surface area contributed by atoms with E-state index in [0.717, 1.165) is 42.6 Å². The molecular weight excluding hydrogens is 265 g/mol. The number of halogens is 3. The third kappa shape index (κ3) is 3.43. The highest BCUT2D eigenvalue weighted by molar-refractivity contribution is 7.09. The monoisotopic (exact) mass is 280 g/mol. The first-order valence-electron chi connectivity index (χ1n) is 5.84. The number of aromatic nitrogens is 1. The molecule has 18 heavy (non-hydrogen) atoms. The highest BCUT2D eigenvalue weighted by Crippen LogP contribution is 2.30. The maximum absolute atomic E-state index is 12.4. The maximum atomic E-state index is 12.4. The average Bonchev–Trinajstić information content (AvgIpc) is 2.78. The van der Waals surface area contributed by atoms with Crippen LogP contribution in [0.25, 0.3) is 0 Å². The zero-order chi connectivity index (χ0) is 13.2. The Kier molecular flexibility index (Phi) is 4.24. The number of thiazole rings is 1. The van der Waals surface area contributed by atoms with Crippen molar-refractivity contribution in [3.8, 4) is 0 Å². The number of likely N-dealkylation sites (tertiary alicyclic amines) is 1. The van der Waals surface area contributed by atoms with E-state index in [2.05, 4.69) is 9.88 Å². The topological polar surface area (TPSA) is 36.4 Å². The number of hydrogen-bond donors (Lipinski definition) is 1. The number of alkyl halides is 3. The fourth-order valence-corrected chi connectivity index (χ4v) is 2.87. The summed E-state index contributed by atoms with van der Waals surface area (Å²) in [6.07, 6.45) is -2.55. The molecule has 3 nitrogen and oxygen atoms in total. The van der Waals surface area contributed by atoms with Crippen LogP contribution in [0, 0.1) is 5.92 Å². The first-order valence-corrected chi connectivity index (χ1v) is 6.72. The molecule has 0 atom stereocenters. The van der Waals surface area contributed by atoms with Crippen LogP contribution in [0.5, 0.6) is 0 Å². The normalized spacial score (nSPS) is 19.3. The number of nitrogens with zero attached hydrogens (tertiary/aromatic N) is 2. The van der Waals surface area contributed by atoms with Crippen molar-refractivity contribution in [3.63, 3.8) is 0 Å². The molecule has 1 N–H and O–H groups in total. The molecule has 0 amide bonds. The van der Waals surface area contributed by atoms with Gasteiger partial charge in [0.05, 0.1) is 6.54 Å². The number of piperidine rings is 1. The van der Waals surface area contributed by atoms with E-state index in [1.54, 1.807) is 0 Å². The lowest BCUT2D eigenvalue weighted by molar-refractivity contribution is -0.140. The van der Waals surface area contributed by atoms with Crippen LogP contribution in [0.1, 0.15) is 23.5 Å². The molecule has 0 bridgehead atoms. The SMILES string of the molecule is OCC1CCN(Cc2nc(C(F)(F)F)cs2)CC1. The predicted molar refractivity (Wildman–Crippen MR) is 62.2 cm³/mol. The maximum Gasteiger partial charge on any atom is 0.434 e. The molecule has 1 aromatic rings. The van der Waals surface area contributed by atoms with Crippen LogP contribution in [-0.4, -0.2) is 34.7 Å². The summed E-state index contributed by atoms with van der Waals surface area (Å²) in [4.78, 5) is 5.71. The lowest BCUT2D eigenvalue weighted by Gasteiger charge is -2.30. The van der Waals surface area contributed by atoms with Crippen LogP contribution < -0.4 is 0 Å². The van der Waals surface area contributed by atoms with Gasteiger partial charge in [-0.2, -0.15) is 13.2 Å². The minimum Gasteiger partial charge on any atom is -0.396 e. The van der Waals surface area contributed by atoms with E-state index >= 15 is 0 Å². The lowest BCUT2D eigenvalue weighted by Crippen LogP contribution is -2.34. The molecule has 0 aliphatic carbocycles. The Morgan fingerprint density at radius 1 is 1.39 bits per heavy atom.